The molecule has 0 amide bonds. The summed E-state index contributed by atoms with van der Waals surface area (Å²) in [4.78, 5) is 0. The van der Waals surface area contributed by atoms with E-state index in [2.05, 4.69) is 52.5 Å². The third kappa shape index (κ3) is 3.44. The minimum atomic E-state index is 0.428. The van der Waals surface area contributed by atoms with Gasteiger partial charge in [-0.15, -0.1) is 0 Å². The molecular weight excluding hydrogens is 240 g/mol. The second-order valence-electron chi connectivity index (χ2n) is 4.83. The van der Waals surface area contributed by atoms with Crippen LogP contribution in [0.5, 0.6) is 0 Å². The lowest BCUT2D eigenvalue weighted by atomic mass is 10.1. The number of hydrogen-bond donors (Lipinski definition) is 1. The fourth-order valence-corrected chi connectivity index (χ4v) is 2.15. The van der Waals surface area contributed by atoms with E-state index in [1.165, 1.54) is 5.56 Å². The van der Waals surface area contributed by atoms with Crippen molar-refractivity contribution >= 4 is 0 Å². The zero-order valence-corrected chi connectivity index (χ0v) is 11.9. The van der Waals surface area contributed by atoms with E-state index in [-0.39, 0.29) is 0 Å². The fraction of sp³-hybridized carbons (Fsp3) is 0.571. The van der Waals surface area contributed by atoms with Crippen LogP contribution in [0.15, 0.2) is 23.1 Å². The maximum atomic E-state index is 4.72. The van der Waals surface area contributed by atoms with Gasteiger partial charge < -0.3 is 9.88 Å². The molecule has 0 saturated carbocycles. The largest absolute Gasteiger partial charge is 0.348 e. The Bertz CT molecular complexity index is 503. The number of aryl methyl sites for hydroxylation is 1. The first-order valence-electron chi connectivity index (χ1n) is 6.91. The topological polar surface area (TPSA) is 55.9 Å². The molecule has 0 aliphatic carbocycles. The third-order valence-electron chi connectivity index (χ3n) is 3.30. The molecule has 2 aromatic rings. The summed E-state index contributed by atoms with van der Waals surface area (Å²) in [6, 6.07) is 2.59. The van der Waals surface area contributed by atoms with Crippen LogP contribution in [0.25, 0.3) is 0 Å². The highest BCUT2D eigenvalue weighted by Gasteiger charge is 2.11. The van der Waals surface area contributed by atoms with Gasteiger partial charge in [0.25, 0.3) is 0 Å². The Morgan fingerprint density at radius 1 is 1.37 bits per heavy atom. The Hall–Kier alpha value is -1.62. The monoisotopic (exact) mass is 262 g/mol. The molecule has 0 radical (unpaired) electrons. The SMILES string of the molecule is CCCNC(CC)c1ccn(Cc2nonc2C)c1. The first-order valence-corrected chi connectivity index (χ1v) is 6.91. The lowest BCUT2D eigenvalue weighted by Gasteiger charge is -2.14. The van der Waals surface area contributed by atoms with Crippen molar-refractivity contribution in [3.63, 3.8) is 0 Å². The molecule has 1 unspecified atom stereocenters. The lowest BCUT2D eigenvalue weighted by molar-refractivity contribution is 0.300. The van der Waals surface area contributed by atoms with Crippen molar-refractivity contribution in [2.24, 2.45) is 0 Å². The van der Waals surface area contributed by atoms with Gasteiger partial charge in [-0.1, -0.05) is 24.2 Å². The summed E-state index contributed by atoms with van der Waals surface area (Å²) >= 11 is 0. The van der Waals surface area contributed by atoms with Gasteiger partial charge in [0.05, 0.1) is 6.54 Å². The van der Waals surface area contributed by atoms with E-state index < -0.39 is 0 Å². The molecule has 1 atom stereocenters. The van der Waals surface area contributed by atoms with E-state index in [9.17, 15) is 0 Å². The second-order valence-corrected chi connectivity index (χ2v) is 4.83. The highest BCUT2D eigenvalue weighted by Crippen LogP contribution is 2.17. The number of nitrogens with zero attached hydrogens (tertiary/aromatic N) is 3. The number of hydrogen-bond acceptors (Lipinski definition) is 4. The standard InChI is InChI=1S/C14H22N4O/c1-4-7-15-13(5-2)12-6-8-18(9-12)10-14-11(3)16-19-17-14/h6,8-9,13,15H,4-5,7,10H2,1-3H3. The fourth-order valence-electron chi connectivity index (χ4n) is 2.15. The highest BCUT2D eigenvalue weighted by atomic mass is 16.6. The van der Waals surface area contributed by atoms with Crippen molar-refractivity contribution in [3.8, 4) is 0 Å². The molecule has 2 aromatic heterocycles. The number of nitrogens with one attached hydrogen (secondary N) is 1. The molecular formula is C14H22N4O. The molecule has 19 heavy (non-hydrogen) atoms. The first kappa shape index (κ1) is 13.8. The predicted molar refractivity (Wildman–Crippen MR) is 73.9 cm³/mol. The summed E-state index contributed by atoms with van der Waals surface area (Å²) in [5, 5.41) is 11.3. The maximum Gasteiger partial charge on any atom is 0.127 e. The summed E-state index contributed by atoms with van der Waals surface area (Å²) in [5.41, 5.74) is 3.06. The zero-order chi connectivity index (χ0) is 13.7. The molecule has 5 heteroatoms. The molecule has 2 heterocycles. The van der Waals surface area contributed by atoms with E-state index in [1.54, 1.807) is 0 Å². The molecule has 0 bridgehead atoms. The molecule has 0 aliphatic rings. The van der Waals surface area contributed by atoms with Crippen LogP contribution >= 0.6 is 0 Å². The predicted octanol–water partition coefficient (Wildman–Crippen LogP) is 2.68. The Morgan fingerprint density at radius 3 is 2.84 bits per heavy atom. The third-order valence-corrected chi connectivity index (χ3v) is 3.30. The molecule has 0 aromatic carbocycles. The molecule has 5 nitrogen and oxygen atoms in total. The zero-order valence-electron chi connectivity index (χ0n) is 11.9. The molecule has 0 fully saturated rings. The Kier molecular flexibility index (Phi) is 4.74. The van der Waals surface area contributed by atoms with Crippen molar-refractivity contribution < 1.29 is 4.63 Å². The Labute approximate surface area is 114 Å². The van der Waals surface area contributed by atoms with E-state index in [0.29, 0.717) is 12.6 Å². The molecule has 1 N–H and O–H groups in total. The maximum absolute atomic E-state index is 4.72. The lowest BCUT2D eigenvalue weighted by Crippen LogP contribution is -2.21. The van der Waals surface area contributed by atoms with Crippen LogP contribution in [-0.4, -0.2) is 21.4 Å². The quantitative estimate of drug-likeness (QED) is 0.833. The summed E-state index contributed by atoms with van der Waals surface area (Å²) in [5.74, 6) is 0. The van der Waals surface area contributed by atoms with Gasteiger partial charge >= 0.3 is 0 Å². The van der Waals surface area contributed by atoms with Crippen LogP contribution in [0.3, 0.4) is 0 Å². The van der Waals surface area contributed by atoms with Gasteiger partial charge in [-0.05, 0) is 37.9 Å². The van der Waals surface area contributed by atoms with Crippen LogP contribution in [0.2, 0.25) is 0 Å². The molecule has 0 saturated heterocycles. The van der Waals surface area contributed by atoms with E-state index in [0.717, 1.165) is 30.8 Å². The second kappa shape index (κ2) is 6.52. The Balaban J connectivity index is 2.03. The number of rotatable bonds is 7. The van der Waals surface area contributed by atoms with Gasteiger partial charge in [-0.2, -0.15) is 0 Å². The van der Waals surface area contributed by atoms with Gasteiger partial charge in [0.2, 0.25) is 0 Å². The van der Waals surface area contributed by atoms with Crippen molar-refractivity contribution in [1.29, 1.82) is 0 Å². The van der Waals surface area contributed by atoms with Gasteiger partial charge in [-0.25, -0.2) is 4.63 Å². The molecule has 0 spiro atoms. The van der Waals surface area contributed by atoms with Gasteiger partial charge in [0.1, 0.15) is 11.4 Å². The van der Waals surface area contributed by atoms with Crippen molar-refractivity contribution in [1.82, 2.24) is 20.2 Å². The number of aromatic nitrogens is 3. The van der Waals surface area contributed by atoms with Crippen LogP contribution < -0.4 is 5.32 Å². The van der Waals surface area contributed by atoms with Gasteiger partial charge in [0, 0.05) is 18.4 Å². The molecule has 0 aliphatic heterocycles. The highest BCUT2D eigenvalue weighted by molar-refractivity contribution is 5.17. The first-order chi connectivity index (χ1) is 9.24. The normalized spacial score (nSPS) is 12.8. The molecule has 2 rings (SSSR count). The van der Waals surface area contributed by atoms with Crippen LogP contribution in [0.1, 0.15) is 49.7 Å². The minimum absolute atomic E-state index is 0.428. The minimum Gasteiger partial charge on any atom is -0.348 e. The average molecular weight is 262 g/mol. The summed E-state index contributed by atoms with van der Waals surface area (Å²) < 4.78 is 6.84. The van der Waals surface area contributed by atoms with Crippen molar-refractivity contribution in [2.45, 2.75) is 46.2 Å². The summed E-state index contributed by atoms with van der Waals surface area (Å²) in [6.07, 6.45) is 6.50. The van der Waals surface area contributed by atoms with Gasteiger partial charge in [-0.3, -0.25) is 0 Å². The van der Waals surface area contributed by atoms with Crippen LogP contribution in [0.4, 0.5) is 0 Å². The van der Waals surface area contributed by atoms with E-state index >= 15 is 0 Å². The summed E-state index contributed by atoms with van der Waals surface area (Å²) in [6.45, 7) is 8.06. The van der Waals surface area contributed by atoms with E-state index in [4.69, 9.17) is 4.63 Å². The van der Waals surface area contributed by atoms with Crippen LogP contribution in [-0.2, 0) is 6.54 Å². The van der Waals surface area contributed by atoms with Crippen LogP contribution in [0, 0.1) is 6.92 Å². The van der Waals surface area contributed by atoms with Crippen molar-refractivity contribution in [2.75, 3.05) is 6.54 Å². The van der Waals surface area contributed by atoms with Crippen molar-refractivity contribution in [3.05, 3.63) is 35.4 Å². The molecule has 104 valence electrons. The van der Waals surface area contributed by atoms with E-state index in [1.807, 2.05) is 6.92 Å². The summed E-state index contributed by atoms with van der Waals surface area (Å²) in [7, 11) is 0. The Morgan fingerprint density at radius 2 is 2.21 bits per heavy atom. The smallest absolute Gasteiger partial charge is 0.127 e. The average Bonchev–Trinajstić information content (AvgIpc) is 3.02. The van der Waals surface area contributed by atoms with Gasteiger partial charge in [0.15, 0.2) is 0 Å².